The van der Waals surface area contributed by atoms with Gasteiger partial charge in [-0.2, -0.15) is 0 Å². The normalized spacial score (nSPS) is 15.1. The molecule has 28 heavy (non-hydrogen) atoms. The molecule has 1 saturated heterocycles. The summed E-state index contributed by atoms with van der Waals surface area (Å²) < 4.78 is 19.8. The summed E-state index contributed by atoms with van der Waals surface area (Å²) in [5, 5.41) is 0. The first-order valence-corrected chi connectivity index (χ1v) is 9.99. The van der Waals surface area contributed by atoms with Crippen LogP contribution < -0.4 is 0 Å². The molecule has 0 radical (unpaired) electrons. The molecule has 0 unspecified atom stereocenters. The minimum atomic E-state index is -0.543. The van der Waals surface area contributed by atoms with Gasteiger partial charge in [0.2, 0.25) is 0 Å². The van der Waals surface area contributed by atoms with Gasteiger partial charge < -0.3 is 9.64 Å². The Morgan fingerprint density at radius 1 is 1.00 bits per heavy atom. The van der Waals surface area contributed by atoms with Gasteiger partial charge in [-0.1, -0.05) is 36.4 Å². The number of amides is 1. The van der Waals surface area contributed by atoms with E-state index in [1.54, 1.807) is 17.0 Å². The molecular formula is C21H22BrFN2O3. The van der Waals surface area contributed by atoms with Gasteiger partial charge in [0.05, 0.1) is 16.6 Å². The van der Waals surface area contributed by atoms with Crippen LogP contribution in [0.4, 0.5) is 4.39 Å². The van der Waals surface area contributed by atoms with Crippen LogP contribution in [0.3, 0.4) is 0 Å². The van der Waals surface area contributed by atoms with E-state index in [0.29, 0.717) is 32.6 Å². The predicted molar refractivity (Wildman–Crippen MR) is 107 cm³/mol. The molecule has 1 amide bonds. The molecule has 0 aliphatic carbocycles. The quantitative estimate of drug-likeness (QED) is 0.657. The molecule has 0 saturated carbocycles. The van der Waals surface area contributed by atoms with Crippen molar-refractivity contribution in [3.63, 3.8) is 0 Å². The molecule has 1 aliphatic rings. The number of carbonyl (C=O) groups is 2. The maximum atomic E-state index is 14.2. The Balaban J connectivity index is 1.51. The Morgan fingerprint density at radius 2 is 1.79 bits per heavy atom. The van der Waals surface area contributed by atoms with Crippen molar-refractivity contribution in [1.29, 1.82) is 0 Å². The minimum Gasteiger partial charge on any atom is -0.460 e. The third-order valence-corrected chi connectivity index (χ3v) is 5.27. The molecule has 148 valence electrons. The summed E-state index contributed by atoms with van der Waals surface area (Å²) in [6.07, 6.45) is 0.716. The van der Waals surface area contributed by atoms with Crippen LogP contribution in [0, 0.1) is 5.82 Å². The predicted octanol–water partition coefficient (Wildman–Crippen LogP) is 3.48. The lowest BCUT2D eigenvalue weighted by Crippen LogP contribution is -2.37. The van der Waals surface area contributed by atoms with E-state index < -0.39 is 5.82 Å². The van der Waals surface area contributed by atoms with Gasteiger partial charge in [0.1, 0.15) is 12.4 Å². The van der Waals surface area contributed by atoms with E-state index in [2.05, 4.69) is 15.9 Å². The van der Waals surface area contributed by atoms with Crippen LogP contribution in [0.25, 0.3) is 0 Å². The number of esters is 1. The molecule has 0 bridgehead atoms. The van der Waals surface area contributed by atoms with Crippen LogP contribution >= 0.6 is 15.9 Å². The van der Waals surface area contributed by atoms with Gasteiger partial charge in [0.15, 0.2) is 0 Å². The van der Waals surface area contributed by atoms with Crippen LogP contribution in [0.15, 0.2) is 53.0 Å². The standard InChI is InChI=1S/C21H22BrFN2O3/c22-18-9-4-8-17(20(18)23)21(27)25-11-5-10-24(12-13-25)14-19(26)28-15-16-6-2-1-3-7-16/h1-4,6-9H,5,10-15H2. The summed E-state index contributed by atoms with van der Waals surface area (Å²) in [5.41, 5.74) is 1.00. The van der Waals surface area contributed by atoms with Gasteiger partial charge in [-0.25, -0.2) is 4.39 Å². The van der Waals surface area contributed by atoms with Crippen molar-refractivity contribution in [3.05, 3.63) is 69.9 Å². The second kappa shape index (κ2) is 9.80. The monoisotopic (exact) mass is 448 g/mol. The molecular weight excluding hydrogens is 427 g/mol. The minimum absolute atomic E-state index is 0.0603. The van der Waals surface area contributed by atoms with E-state index in [0.717, 1.165) is 5.56 Å². The molecule has 0 spiro atoms. The zero-order valence-corrected chi connectivity index (χ0v) is 17.0. The Labute approximate surface area is 172 Å². The van der Waals surface area contributed by atoms with Gasteiger partial charge in [-0.15, -0.1) is 0 Å². The van der Waals surface area contributed by atoms with E-state index in [9.17, 15) is 14.0 Å². The largest absolute Gasteiger partial charge is 0.460 e. The summed E-state index contributed by atoms with van der Waals surface area (Å²) in [6.45, 7) is 2.63. The fourth-order valence-electron chi connectivity index (χ4n) is 3.14. The first-order valence-electron chi connectivity index (χ1n) is 9.20. The Kier molecular flexibility index (Phi) is 7.17. The smallest absolute Gasteiger partial charge is 0.320 e. The van der Waals surface area contributed by atoms with Gasteiger partial charge in [-0.05, 0) is 40.0 Å². The average molecular weight is 449 g/mol. The van der Waals surface area contributed by atoms with Gasteiger partial charge in [-0.3, -0.25) is 14.5 Å². The van der Waals surface area contributed by atoms with Crippen molar-refractivity contribution in [3.8, 4) is 0 Å². The summed E-state index contributed by atoms with van der Waals surface area (Å²) in [7, 11) is 0. The lowest BCUT2D eigenvalue weighted by atomic mass is 10.2. The summed E-state index contributed by atoms with van der Waals surface area (Å²) in [5.74, 6) is -1.16. The second-order valence-corrected chi connectivity index (χ2v) is 7.52. The van der Waals surface area contributed by atoms with Crippen molar-refractivity contribution < 1.29 is 18.7 Å². The first-order chi connectivity index (χ1) is 13.5. The highest BCUT2D eigenvalue weighted by molar-refractivity contribution is 9.10. The fourth-order valence-corrected chi connectivity index (χ4v) is 3.50. The van der Waals surface area contributed by atoms with E-state index in [1.807, 2.05) is 35.2 Å². The zero-order chi connectivity index (χ0) is 19.9. The van der Waals surface area contributed by atoms with E-state index in [4.69, 9.17) is 4.74 Å². The molecule has 2 aromatic carbocycles. The molecule has 7 heteroatoms. The lowest BCUT2D eigenvalue weighted by molar-refractivity contribution is -0.146. The number of hydrogen-bond acceptors (Lipinski definition) is 4. The van der Waals surface area contributed by atoms with E-state index >= 15 is 0 Å². The highest BCUT2D eigenvalue weighted by Crippen LogP contribution is 2.20. The van der Waals surface area contributed by atoms with E-state index in [1.165, 1.54) is 6.07 Å². The molecule has 0 aromatic heterocycles. The number of nitrogens with zero attached hydrogens (tertiary/aromatic N) is 2. The zero-order valence-electron chi connectivity index (χ0n) is 15.4. The number of benzene rings is 2. The maximum Gasteiger partial charge on any atom is 0.320 e. The number of carbonyl (C=O) groups excluding carboxylic acids is 2. The maximum absolute atomic E-state index is 14.2. The average Bonchev–Trinajstić information content (AvgIpc) is 2.94. The molecule has 3 rings (SSSR count). The number of ether oxygens (including phenoxy) is 1. The van der Waals surface area contributed by atoms with Crippen molar-refractivity contribution in [2.24, 2.45) is 0 Å². The van der Waals surface area contributed by atoms with Crippen molar-refractivity contribution in [2.75, 3.05) is 32.7 Å². The van der Waals surface area contributed by atoms with Crippen molar-refractivity contribution >= 4 is 27.8 Å². The number of halogens is 2. The number of hydrogen-bond donors (Lipinski definition) is 0. The summed E-state index contributed by atoms with van der Waals surface area (Å²) in [6, 6.07) is 14.2. The van der Waals surface area contributed by atoms with Crippen LogP contribution in [-0.2, 0) is 16.1 Å². The van der Waals surface area contributed by atoms with Crippen LogP contribution in [0.1, 0.15) is 22.3 Å². The molecule has 0 atom stereocenters. The molecule has 0 N–H and O–H groups in total. The second-order valence-electron chi connectivity index (χ2n) is 6.67. The highest BCUT2D eigenvalue weighted by Gasteiger charge is 2.24. The van der Waals surface area contributed by atoms with Gasteiger partial charge >= 0.3 is 5.97 Å². The molecule has 1 aliphatic heterocycles. The Morgan fingerprint density at radius 3 is 2.57 bits per heavy atom. The SMILES string of the molecule is O=C(CN1CCCN(C(=O)c2cccc(Br)c2F)CC1)OCc1ccccc1. The first kappa shape index (κ1) is 20.5. The van der Waals surface area contributed by atoms with Crippen LogP contribution in [0.2, 0.25) is 0 Å². The molecule has 2 aromatic rings. The molecule has 1 heterocycles. The highest BCUT2D eigenvalue weighted by atomic mass is 79.9. The Hall–Kier alpha value is -2.25. The third kappa shape index (κ3) is 5.39. The fraction of sp³-hybridized carbons (Fsp3) is 0.333. The molecule has 5 nitrogen and oxygen atoms in total. The van der Waals surface area contributed by atoms with Crippen molar-refractivity contribution in [2.45, 2.75) is 13.0 Å². The topological polar surface area (TPSA) is 49.9 Å². The van der Waals surface area contributed by atoms with Crippen LogP contribution in [0.5, 0.6) is 0 Å². The third-order valence-electron chi connectivity index (χ3n) is 4.65. The summed E-state index contributed by atoms with van der Waals surface area (Å²) >= 11 is 3.12. The van der Waals surface area contributed by atoms with Crippen LogP contribution in [-0.4, -0.2) is 54.4 Å². The molecule has 1 fully saturated rings. The Bertz CT molecular complexity index is 832. The van der Waals surface area contributed by atoms with Gasteiger partial charge in [0, 0.05) is 26.2 Å². The lowest BCUT2D eigenvalue weighted by Gasteiger charge is -2.22. The van der Waals surface area contributed by atoms with E-state index in [-0.39, 0.29) is 35.1 Å². The number of rotatable bonds is 5. The van der Waals surface area contributed by atoms with Gasteiger partial charge in [0.25, 0.3) is 5.91 Å². The van der Waals surface area contributed by atoms with Crippen molar-refractivity contribution in [1.82, 2.24) is 9.80 Å². The summed E-state index contributed by atoms with van der Waals surface area (Å²) in [4.78, 5) is 28.4.